The summed E-state index contributed by atoms with van der Waals surface area (Å²) in [7, 11) is 2.03. The minimum Gasteiger partial charge on any atom is -0.370 e. The van der Waals surface area contributed by atoms with E-state index in [0.717, 1.165) is 29.9 Å². The fraction of sp³-hybridized carbons (Fsp3) is 0.357. The highest BCUT2D eigenvalue weighted by atomic mass is 32.2. The highest BCUT2D eigenvalue weighted by Crippen LogP contribution is 2.20. The Morgan fingerprint density at radius 1 is 1.25 bits per heavy atom. The number of aromatic nitrogens is 3. The van der Waals surface area contributed by atoms with E-state index in [9.17, 15) is 0 Å². The van der Waals surface area contributed by atoms with Crippen molar-refractivity contribution in [3.63, 3.8) is 0 Å². The van der Waals surface area contributed by atoms with Gasteiger partial charge in [-0.15, -0.1) is 0 Å². The molecule has 0 saturated heterocycles. The number of rotatable bonds is 6. The van der Waals surface area contributed by atoms with Gasteiger partial charge in [-0.05, 0) is 30.9 Å². The highest BCUT2D eigenvalue weighted by Gasteiger charge is 2.08. The Balaban J connectivity index is 2.19. The van der Waals surface area contributed by atoms with Gasteiger partial charge < -0.3 is 10.2 Å². The molecule has 0 radical (unpaired) electrons. The van der Waals surface area contributed by atoms with Crippen LogP contribution in [0.25, 0.3) is 0 Å². The zero-order chi connectivity index (χ0) is 14.4. The summed E-state index contributed by atoms with van der Waals surface area (Å²) >= 11 is 1.55. The van der Waals surface area contributed by atoms with Gasteiger partial charge >= 0.3 is 0 Å². The van der Waals surface area contributed by atoms with Gasteiger partial charge in [-0.2, -0.15) is 0 Å². The first-order chi connectivity index (χ1) is 9.72. The van der Waals surface area contributed by atoms with E-state index in [2.05, 4.69) is 32.1 Å². The Labute approximate surface area is 123 Å². The van der Waals surface area contributed by atoms with Crippen molar-refractivity contribution in [2.24, 2.45) is 0 Å². The predicted molar refractivity (Wildman–Crippen MR) is 84.3 cm³/mol. The molecule has 2 aromatic heterocycles. The number of hydrogen-bond acceptors (Lipinski definition) is 6. The molecule has 6 heteroatoms. The summed E-state index contributed by atoms with van der Waals surface area (Å²) in [5.41, 5.74) is 1.21. The second-order valence-electron chi connectivity index (χ2n) is 4.34. The fourth-order valence-electron chi connectivity index (χ4n) is 1.81. The Kier molecular flexibility index (Phi) is 5.17. The number of anilines is 2. The largest absolute Gasteiger partial charge is 0.370 e. The van der Waals surface area contributed by atoms with Gasteiger partial charge in [0.05, 0.1) is 0 Å². The van der Waals surface area contributed by atoms with Crippen molar-refractivity contribution in [1.29, 1.82) is 0 Å². The third-order valence-electron chi connectivity index (χ3n) is 2.79. The molecule has 0 saturated carbocycles. The molecule has 20 heavy (non-hydrogen) atoms. The van der Waals surface area contributed by atoms with Gasteiger partial charge in [0.2, 0.25) is 0 Å². The smallest absolute Gasteiger partial charge is 0.191 e. The maximum absolute atomic E-state index is 4.55. The van der Waals surface area contributed by atoms with Crippen molar-refractivity contribution in [3.8, 4) is 0 Å². The standard InChI is InChI=1S/C14H19N5S/c1-4-16-12-9-13(18-14(17-12)20-3)19(2)10-11-5-7-15-8-6-11/h5-9H,4,10H2,1-3H3,(H,16,17,18). The topological polar surface area (TPSA) is 53.9 Å². The Bertz CT molecular complexity index is 547. The summed E-state index contributed by atoms with van der Waals surface area (Å²) in [5.74, 6) is 1.78. The molecule has 2 aromatic rings. The average Bonchev–Trinajstić information content (AvgIpc) is 2.48. The number of pyridine rings is 1. The van der Waals surface area contributed by atoms with E-state index in [0.29, 0.717) is 0 Å². The first-order valence-corrected chi connectivity index (χ1v) is 7.72. The Morgan fingerprint density at radius 3 is 2.65 bits per heavy atom. The fourth-order valence-corrected chi connectivity index (χ4v) is 2.19. The third-order valence-corrected chi connectivity index (χ3v) is 3.34. The van der Waals surface area contributed by atoms with Crippen molar-refractivity contribution in [1.82, 2.24) is 15.0 Å². The van der Waals surface area contributed by atoms with E-state index in [1.54, 1.807) is 24.2 Å². The van der Waals surface area contributed by atoms with Crippen molar-refractivity contribution in [3.05, 3.63) is 36.2 Å². The van der Waals surface area contributed by atoms with Crippen LogP contribution in [0.5, 0.6) is 0 Å². The van der Waals surface area contributed by atoms with Gasteiger partial charge in [0, 0.05) is 38.6 Å². The first-order valence-electron chi connectivity index (χ1n) is 6.50. The van der Waals surface area contributed by atoms with Gasteiger partial charge in [0.1, 0.15) is 11.6 Å². The van der Waals surface area contributed by atoms with E-state index in [1.807, 2.05) is 31.5 Å². The van der Waals surface area contributed by atoms with Crippen LogP contribution < -0.4 is 10.2 Å². The van der Waals surface area contributed by atoms with Gasteiger partial charge in [0.15, 0.2) is 5.16 Å². The lowest BCUT2D eigenvalue weighted by Gasteiger charge is -2.19. The van der Waals surface area contributed by atoms with E-state index in [4.69, 9.17) is 0 Å². The van der Waals surface area contributed by atoms with E-state index in [-0.39, 0.29) is 0 Å². The predicted octanol–water partition coefficient (Wildman–Crippen LogP) is 2.66. The van der Waals surface area contributed by atoms with Crippen LogP contribution in [0, 0.1) is 0 Å². The van der Waals surface area contributed by atoms with Crippen LogP contribution in [0.15, 0.2) is 35.7 Å². The lowest BCUT2D eigenvalue weighted by Crippen LogP contribution is -2.18. The number of nitrogens with zero attached hydrogens (tertiary/aromatic N) is 4. The van der Waals surface area contributed by atoms with Crippen molar-refractivity contribution < 1.29 is 0 Å². The van der Waals surface area contributed by atoms with Gasteiger partial charge in [-0.3, -0.25) is 4.98 Å². The number of thioether (sulfide) groups is 1. The normalized spacial score (nSPS) is 10.3. The molecule has 1 N–H and O–H groups in total. The highest BCUT2D eigenvalue weighted by molar-refractivity contribution is 7.98. The van der Waals surface area contributed by atoms with Crippen LogP contribution in [0.4, 0.5) is 11.6 Å². The molecule has 0 aliphatic rings. The Morgan fingerprint density at radius 2 is 2.00 bits per heavy atom. The molecule has 0 aliphatic carbocycles. The van der Waals surface area contributed by atoms with Crippen LogP contribution in [-0.4, -0.2) is 34.8 Å². The van der Waals surface area contributed by atoms with E-state index in [1.165, 1.54) is 5.56 Å². The molecule has 0 unspecified atom stereocenters. The van der Waals surface area contributed by atoms with Crippen LogP contribution in [0.1, 0.15) is 12.5 Å². The first kappa shape index (κ1) is 14.6. The molecular weight excluding hydrogens is 270 g/mol. The minimum atomic E-state index is 0.778. The maximum atomic E-state index is 4.55. The molecule has 0 aliphatic heterocycles. The lowest BCUT2D eigenvalue weighted by molar-refractivity contribution is 0.855. The summed E-state index contributed by atoms with van der Waals surface area (Å²) in [4.78, 5) is 15.1. The van der Waals surface area contributed by atoms with Gasteiger partial charge in [-0.1, -0.05) is 11.8 Å². The third kappa shape index (κ3) is 3.84. The molecule has 0 fully saturated rings. The molecule has 0 bridgehead atoms. The van der Waals surface area contributed by atoms with E-state index < -0.39 is 0 Å². The Hall–Kier alpha value is -1.82. The molecule has 106 valence electrons. The molecule has 0 amide bonds. The molecule has 5 nitrogen and oxygen atoms in total. The molecular formula is C14H19N5S. The molecule has 0 spiro atoms. The molecule has 2 rings (SSSR count). The SMILES string of the molecule is CCNc1cc(N(C)Cc2ccncc2)nc(SC)n1. The zero-order valence-electron chi connectivity index (χ0n) is 12.0. The van der Waals surface area contributed by atoms with Crippen molar-refractivity contribution in [2.75, 3.05) is 30.1 Å². The summed E-state index contributed by atoms with van der Waals surface area (Å²) in [5, 5.41) is 4.02. The van der Waals surface area contributed by atoms with Crippen LogP contribution in [0.2, 0.25) is 0 Å². The average molecular weight is 289 g/mol. The lowest BCUT2D eigenvalue weighted by atomic mass is 10.2. The summed E-state index contributed by atoms with van der Waals surface area (Å²) < 4.78 is 0. The van der Waals surface area contributed by atoms with E-state index >= 15 is 0 Å². The summed E-state index contributed by atoms with van der Waals surface area (Å²) in [6, 6.07) is 6.00. The van der Waals surface area contributed by atoms with Crippen molar-refractivity contribution >= 4 is 23.4 Å². The molecule has 2 heterocycles. The minimum absolute atomic E-state index is 0.778. The second-order valence-corrected chi connectivity index (χ2v) is 5.11. The molecule has 0 atom stereocenters. The van der Waals surface area contributed by atoms with Crippen LogP contribution in [-0.2, 0) is 6.54 Å². The maximum Gasteiger partial charge on any atom is 0.191 e. The van der Waals surface area contributed by atoms with Crippen molar-refractivity contribution in [2.45, 2.75) is 18.6 Å². The quantitative estimate of drug-likeness (QED) is 0.652. The monoisotopic (exact) mass is 289 g/mol. The number of hydrogen-bond donors (Lipinski definition) is 1. The van der Waals surface area contributed by atoms with Gasteiger partial charge in [-0.25, -0.2) is 9.97 Å². The van der Waals surface area contributed by atoms with Crippen LogP contribution in [0.3, 0.4) is 0 Å². The van der Waals surface area contributed by atoms with Crippen LogP contribution >= 0.6 is 11.8 Å². The summed E-state index contributed by atoms with van der Waals surface area (Å²) in [6.07, 6.45) is 5.60. The summed E-state index contributed by atoms with van der Waals surface area (Å²) in [6.45, 7) is 3.69. The zero-order valence-corrected chi connectivity index (χ0v) is 12.8. The second kappa shape index (κ2) is 7.09. The molecule has 0 aromatic carbocycles. The number of nitrogens with one attached hydrogen (secondary N) is 1. The van der Waals surface area contributed by atoms with Gasteiger partial charge in [0.25, 0.3) is 0 Å².